The zero-order valence-electron chi connectivity index (χ0n) is 21.8. The van der Waals surface area contributed by atoms with E-state index in [9.17, 15) is 9.59 Å². The van der Waals surface area contributed by atoms with Crippen LogP contribution in [0.4, 0.5) is 0 Å². The molecule has 1 atom stereocenters. The van der Waals surface area contributed by atoms with Gasteiger partial charge in [-0.1, -0.05) is 111 Å². The first-order chi connectivity index (χ1) is 18.1. The van der Waals surface area contributed by atoms with Crippen LogP contribution in [0.25, 0.3) is 6.08 Å². The van der Waals surface area contributed by atoms with E-state index in [2.05, 4.69) is 30.1 Å². The highest BCUT2D eigenvalue weighted by atomic mass is 16.2. The quantitative estimate of drug-likeness (QED) is 0.433. The van der Waals surface area contributed by atoms with E-state index >= 15 is 0 Å². The molecule has 0 spiro atoms. The summed E-state index contributed by atoms with van der Waals surface area (Å²) in [7, 11) is 0. The zero-order valence-corrected chi connectivity index (χ0v) is 21.8. The summed E-state index contributed by atoms with van der Waals surface area (Å²) < 4.78 is 0. The average molecular weight is 496 g/mol. The molecule has 1 aliphatic rings. The highest BCUT2D eigenvalue weighted by Gasteiger charge is 2.40. The molecule has 3 aromatic rings. The Balaban J connectivity index is 1.62. The molecule has 0 aliphatic carbocycles. The summed E-state index contributed by atoms with van der Waals surface area (Å²) >= 11 is 0. The Morgan fingerprint density at radius 3 is 1.97 bits per heavy atom. The molecule has 0 aromatic heterocycles. The second-order valence-electron chi connectivity index (χ2n) is 9.47. The Morgan fingerprint density at radius 2 is 1.43 bits per heavy atom. The molecule has 1 N–H and O–H groups in total. The molecule has 0 bridgehead atoms. The summed E-state index contributed by atoms with van der Waals surface area (Å²) in [5.74, 6) is -0.598. The molecule has 3 aromatic carbocycles. The maximum atomic E-state index is 14.2. The fourth-order valence-corrected chi connectivity index (χ4v) is 5.04. The largest absolute Gasteiger partial charge is 0.353 e. The van der Waals surface area contributed by atoms with Gasteiger partial charge in [-0.15, -0.1) is 0 Å². The van der Waals surface area contributed by atoms with Gasteiger partial charge < -0.3 is 15.1 Å². The smallest absolute Gasteiger partial charge is 0.243 e. The molecule has 4 rings (SSSR count). The van der Waals surface area contributed by atoms with Crippen molar-refractivity contribution in [1.82, 2.24) is 15.1 Å². The van der Waals surface area contributed by atoms with E-state index < -0.39 is 12.0 Å². The monoisotopic (exact) mass is 495 g/mol. The van der Waals surface area contributed by atoms with Gasteiger partial charge in [0.1, 0.15) is 6.04 Å². The average Bonchev–Trinajstić information content (AvgIpc) is 3.37. The third-order valence-corrected chi connectivity index (χ3v) is 7.10. The summed E-state index contributed by atoms with van der Waals surface area (Å²) in [5, 5.41) is 3.11. The van der Waals surface area contributed by atoms with Gasteiger partial charge in [0, 0.05) is 19.6 Å². The van der Waals surface area contributed by atoms with Crippen molar-refractivity contribution in [2.75, 3.05) is 32.7 Å². The Bertz CT molecular complexity index is 1130. The lowest BCUT2D eigenvalue weighted by molar-refractivity contribution is -0.138. The number of nitrogens with one attached hydrogen (secondary N) is 1. The molecule has 1 fully saturated rings. The highest BCUT2D eigenvalue weighted by molar-refractivity contribution is 5.94. The molecule has 0 radical (unpaired) electrons. The number of amides is 2. The second kappa shape index (κ2) is 13.0. The summed E-state index contributed by atoms with van der Waals surface area (Å²) in [6.45, 7) is 7.94. The van der Waals surface area contributed by atoms with E-state index in [0.29, 0.717) is 19.5 Å². The molecule has 1 aliphatic heterocycles. The SMILES string of the molecule is CCN(CC)CCNC(=O)[C@@H]1C/C(=C\c2ccccc2)CN1C(=O)C(c1ccccc1)c1ccccc1. The van der Waals surface area contributed by atoms with Crippen LogP contribution in [-0.4, -0.2) is 60.4 Å². The number of benzene rings is 3. The van der Waals surface area contributed by atoms with Crippen LogP contribution in [-0.2, 0) is 9.59 Å². The van der Waals surface area contributed by atoms with E-state index in [1.807, 2.05) is 91.0 Å². The fourth-order valence-electron chi connectivity index (χ4n) is 5.04. The predicted molar refractivity (Wildman–Crippen MR) is 150 cm³/mol. The maximum Gasteiger partial charge on any atom is 0.243 e. The van der Waals surface area contributed by atoms with Crippen LogP contribution in [0.15, 0.2) is 96.6 Å². The minimum Gasteiger partial charge on any atom is -0.353 e. The van der Waals surface area contributed by atoms with E-state index in [4.69, 9.17) is 0 Å². The molecule has 192 valence electrons. The van der Waals surface area contributed by atoms with Crippen LogP contribution < -0.4 is 5.32 Å². The van der Waals surface area contributed by atoms with E-state index in [1.165, 1.54) is 0 Å². The lowest BCUT2D eigenvalue weighted by Crippen LogP contribution is -2.48. The fraction of sp³-hybridized carbons (Fsp3) is 0.312. The lowest BCUT2D eigenvalue weighted by atomic mass is 9.90. The molecule has 0 saturated carbocycles. The number of carbonyl (C=O) groups is 2. The summed E-state index contributed by atoms with van der Waals surface area (Å²) in [6.07, 6.45) is 2.65. The van der Waals surface area contributed by atoms with Crippen LogP contribution >= 0.6 is 0 Å². The third-order valence-electron chi connectivity index (χ3n) is 7.10. The first kappa shape index (κ1) is 26.4. The highest BCUT2D eigenvalue weighted by Crippen LogP contribution is 2.32. The molecular weight excluding hydrogens is 458 g/mol. The predicted octanol–water partition coefficient (Wildman–Crippen LogP) is 4.96. The van der Waals surface area contributed by atoms with Crippen molar-refractivity contribution in [2.24, 2.45) is 0 Å². The standard InChI is InChI=1S/C32H37N3O2/c1-3-34(4-2)21-20-33-31(36)29-23-26(22-25-14-8-5-9-15-25)24-35(29)32(37)30(27-16-10-6-11-17-27)28-18-12-7-13-19-28/h5-19,22,29-30H,3-4,20-21,23-24H2,1-2H3,(H,33,36)/b26-22+/t29-/m0/s1. The summed E-state index contributed by atoms with van der Waals surface area (Å²) in [6, 6.07) is 29.3. The molecule has 37 heavy (non-hydrogen) atoms. The van der Waals surface area contributed by atoms with Crippen LogP contribution in [0.1, 0.15) is 42.9 Å². The van der Waals surface area contributed by atoms with Crippen molar-refractivity contribution in [3.05, 3.63) is 113 Å². The second-order valence-corrected chi connectivity index (χ2v) is 9.47. The van der Waals surface area contributed by atoms with Gasteiger partial charge >= 0.3 is 0 Å². The van der Waals surface area contributed by atoms with Crippen LogP contribution in [0.3, 0.4) is 0 Å². The lowest BCUT2D eigenvalue weighted by Gasteiger charge is -2.29. The van der Waals surface area contributed by atoms with Gasteiger partial charge in [0.15, 0.2) is 0 Å². The summed E-state index contributed by atoms with van der Waals surface area (Å²) in [4.78, 5) is 31.8. The first-order valence-electron chi connectivity index (χ1n) is 13.3. The van der Waals surface area contributed by atoms with Gasteiger partial charge in [-0.25, -0.2) is 0 Å². The van der Waals surface area contributed by atoms with Crippen LogP contribution in [0.5, 0.6) is 0 Å². The molecule has 2 amide bonds. The minimum atomic E-state index is -0.533. The van der Waals surface area contributed by atoms with Gasteiger partial charge in [-0.3, -0.25) is 9.59 Å². The van der Waals surface area contributed by atoms with E-state index in [0.717, 1.165) is 41.9 Å². The Labute approximate surface area is 220 Å². The van der Waals surface area contributed by atoms with Crippen molar-refractivity contribution in [2.45, 2.75) is 32.2 Å². The number of hydrogen-bond acceptors (Lipinski definition) is 3. The van der Waals surface area contributed by atoms with Gasteiger partial charge in [0.2, 0.25) is 11.8 Å². The van der Waals surface area contributed by atoms with E-state index in [1.54, 1.807) is 4.90 Å². The van der Waals surface area contributed by atoms with Gasteiger partial charge in [-0.2, -0.15) is 0 Å². The topological polar surface area (TPSA) is 52.7 Å². The molecule has 1 saturated heterocycles. The maximum absolute atomic E-state index is 14.2. The Kier molecular flexibility index (Phi) is 9.28. The van der Waals surface area contributed by atoms with Crippen molar-refractivity contribution < 1.29 is 9.59 Å². The number of likely N-dealkylation sites (tertiary alicyclic amines) is 1. The third kappa shape index (κ3) is 6.75. The normalized spacial score (nSPS) is 16.5. The molecule has 0 unspecified atom stereocenters. The van der Waals surface area contributed by atoms with Crippen molar-refractivity contribution >= 4 is 17.9 Å². The summed E-state index contributed by atoms with van der Waals surface area (Å²) in [5.41, 5.74) is 4.03. The van der Waals surface area contributed by atoms with Crippen LogP contribution in [0, 0.1) is 0 Å². The zero-order chi connectivity index (χ0) is 26.0. The number of likely N-dealkylation sites (N-methyl/N-ethyl adjacent to an activating group) is 1. The molecule has 1 heterocycles. The Hall–Kier alpha value is -3.70. The van der Waals surface area contributed by atoms with Gasteiger partial charge in [0.25, 0.3) is 0 Å². The van der Waals surface area contributed by atoms with Crippen molar-refractivity contribution in [1.29, 1.82) is 0 Å². The van der Waals surface area contributed by atoms with Crippen molar-refractivity contribution in [3.63, 3.8) is 0 Å². The van der Waals surface area contributed by atoms with Crippen molar-refractivity contribution in [3.8, 4) is 0 Å². The Morgan fingerprint density at radius 1 is 0.892 bits per heavy atom. The van der Waals surface area contributed by atoms with Gasteiger partial charge in [0.05, 0.1) is 5.92 Å². The number of nitrogens with zero attached hydrogens (tertiary/aromatic N) is 2. The molecule has 5 heteroatoms. The minimum absolute atomic E-state index is 0.0437. The number of rotatable bonds is 10. The number of carbonyl (C=O) groups excluding carboxylic acids is 2. The first-order valence-corrected chi connectivity index (χ1v) is 13.3. The number of hydrogen-bond donors (Lipinski definition) is 1. The van der Waals surface area contributed by atoms with Crippen LogP contribution in [0.2, 0.25) is 0 Å². The molecule has 5 nitrogen and oxygen atoms in total. The van der Waals surface area contributed by atoms with E-state index in [-0.39, 0.29) is 11.8 Å². The van der Waals surface area contributed by atoms with Gasteiger partial charge in [-0.05, 0) is 41.8 Å². The molecular formula is C32H37N3O2.